The van der Waals surface area contributed by atoms with Gasteiger partial charge in [-0.15, -0.1) is 0 Å². The van der Waals surface area contributed by atoms with E-state index in [1.165, 1.54) is 4.90 Å². The molecule has 0 aliphatic carbocycles. The SMILES string of the molecule is N#CCCN(C(=O)CCCN1C(=O)c2ccccc2C1=O)c1ccccc1. The summed E-state index contributed by atoms with van der Waals surface area (Å²) >= 11 is 0. The molecular formula is C21H19N3O3. The summed E-state index contributed by atoms with van der Waals surface area (Å²) in [5, 5.41) is 8.84. The van der Waals surface area contributed by atoms with Gasteiger partial charge in [0.05, 0.1) is 23.6 Å². The molecule has 0 fully saturated rings. The molecular weight excluding hydrogens is 342 g/mol. The van der Waals surface area contributed by atoms with Crippen molar-refractivity contribution in [3.8, 4) is 6.07 Å². The summed E-state index contributed by atoms with van der Waals surface area (Å²) in [5.41, 5.74) is 1.56. The third-order valence-electron chi connectivity index (χ3n) is 4.47. The Hall–Kier alpha value is -3.46. The van der Waals surface area contributed by atoms with Crippen LogP contribution in [0.5, 0.6) is 0 Å². The lowest BCUT2D eigenvalue weighted by atomic mass is 10.1. The average Bonchev–Trinajstić information content (AvgIpc) is 2.94. The number of imide groups is 1. The van der Waals surface area contributed by atoms with Gasteiger partial charge < -0.3 is 4.90 Å². The molecule has 0 spiro atoms. The molecule has 0 bridgehead atoms. The van der Waals surface area contributed by atoms with E-state index in [0.717, 1.165) is 5.69 Å². The first-order valence-electron chi connectivity index (χ1n) is 8.81. The van der Waals surface area contributed by atoms with Crippen molar-refractivity contribution < 1.29 is 14.4 Å². The van der Waals surface area contributed by atoms with E-state index in [-0.39, 0.29) is 37.1 Å². The Kier molecular flexibility index (Phi) is 5.62. The van der Waals surface area contributed by atoms with E-state index in [1.807, 2.05) is 30.3 Å². The number of amides is 3. The van der Waals surface area contributed by atoms with Crippen LogP contribution in [0.2, 0.25) is 0 Å². The predicted octanol–water partition coefficient (Wildman–Crippen LogP) is 3.01. The molecule has 0 aromatic heterocycles. The quantitative estimate of drug-likeness (QED) is 0.710. The van der Waals surface area contributed by atoms with E-state index in [4.69, 9.17) is 5.26 Å². The number of carbonyl (C=O) groups excluding carboxylic acids is 3. The van der Waals surface area contributed by atoms with Crippen LogP contribution in [0.3, 0.4) is 0 Å². The van der Waals surface area contributed by atoms with Crippen LogP contribution in [0.15, 0.2) is 54.6 Å². The molecule has 3 rings (SSSR count). The van der Waals surface area contributed by atoms with E-state index < -0.39 is 0 Å². The number of benzene rings is 2. The van der Waals surface area contributed by atoms with Gasteiger partial charge in [0, 0.05) is 25.2 Å². The van der Waals surface area contributed by atoms with Gasteiger partial charge in [0.15, 0.2) is 0 Å². The van der Waals surface area contributed by atoms with Gasteiger partial charge in [-0.1, -0.05) is 30.3 Å². The fourth-order valence-corrected chi connectivity index (χ4v) is 3.13. The van der Waals surface area contributed by atoms with Gasteiger partial charge in [-0.3, -0.25) is 19.3 Å². The number of nitriles is 1. The zero-order chi connectivity index (χ0) is 19.2. The molecule has 0 unspecified atom stereocenters. The summed E-state index contributed by atoms with van der Waals surface area (Å²) in [4.78, 5) is 40.1. The maximum atomic E-state index is 12.6. The standard InChI is InChI=1S/C21H19N3O3/c22-13-7-15-23(16-8-2-1-3-9-16)19(25)12-6-14-24-20(26)17-10-4-5-11-18(17)21(24)27/h1-5,8-11H,6-7,12,14-15H2. The number of carbonyl (C=O) groups is 3. The van der Waals surface area contributed by atoms with Crippen molar-refractivity contribution in [1.29, 1.82) is 5.26 Å². The van der Waals surface area contributed by atoms with Gasteiger partial charge in [-0.25, -0.2) is 0 Å². The molecule has 6 nitrogen and oxygen atoms in total. The molecule has 2 aromatic rings. The van der Waals surface area contributed by atoms with Crippen molar-refractivity contribution >= 4 is 23.4 Å². The molecule has 0 saturated carbocycles. The molecule has 27 heavy (non-hydrogen) atoms. The maximum absolute atomic E-state index is 12.6. The summed E-state index contributed by atoms with van der Waals surface area (Å²) < 4.78 is 0. The fourth-order valence-electron chi connectivity index (χ4n) is 3.13. The topological polar surface area (TPSA) is 81.5 Å². The molecule has 0 atom stereocenters. The maximum Gasteiger partial charge on any atom is 0.261 e. The number of nitrogens with zero attached hydrogens (tertiary/aromatic N) is 3. The molecule has 1 aliphatic heterocycles. The third kappa shape index (κ3) is 3.87. The van der Waals surface area contributed by atoms with Gasteiger partial charge in [-0.05, 0) is 30.7 Å². The van der Waals surface area contributed by atoms with Crippen LogP contribution in [-0.4, -0.2) is 35.7 Å². The zero-order valence-electron chi connectivity index (χ0n) is 14.8. The largest absolute Gasteiger partial charge is 0.311 e. The van der Waals surface area contributed by atoms with E-state index in [9.17, 15) is 14.4 Å². The summed E-state index contributed by atoms with van der Waals surface area (Å²) in [6, 6.07) is 17.9. The van der Waals surface area contributed by atoms with Gasteiger partial charge in [0.25, 0.3) is 11.8 Å². The van der Waals surface area contributed by atoms with Crippen LogP contribution in [0.4, 0.5) is 5.69 Å². The molecule has 0 N–H and O–H groups in total. The molecule has 0 saturated heterocycles. The van der Waals surface area contributed by atoms with Crippen molar-refractivity contribution in [2.45, 2.75) is 19.3 Å². The highest BCUT2D eigenvalue weighted by Gasteiger charge is 2.34. The lowest BCUT2D eigenvalue weighted by molar-refractivity contribution is -0.118. The second-order valence-corrected chi connectivity index (χ2v) is 6.20. The van der Waals surface area contributed by atoms with Crippen LogP contribution in [-0.2, 0) is 4.79 Å². The number of hydrogen-bond donors (Lipinski definition) is 0. The molecule has 3 amide bonds. The van der Waals surface area contributed by atoms with Crippen molar-refractivity contribution in [2.75, 3.05) is 18.0 Å². The van der Waals surface area contributed by atoms with E-state index >= 15 is 0 Å². The van der Waals surface area contributed by atoms with Crippen molar-refractivity contribution in [1.82, 2.24) is 4.90 Å². The minimum atomic E-state index is -0.313. The number of rotatable bonds is 7. The summed E-state index contributed by atoms with van der Waals surface area (Å²) in [7, 11) is 0. The Morgan fingerprint density at radius 3 is 2.15 bits per heavy atom. The smallest absolute Gasteiger partial charge is 0.261 e. The Balaban J connectivity index is 1.61. The number of para-hydroxylation sites is 1. The first kappa shape index (κ1) is 18.3. The molecule has 1 heterocycles. The zero-order valence-corrected chi connectivity index (χ0v) is 14.8. The van der Waals surface area contributed by atoms with Crippen LogP contribution in [0, 0.1) is 11.3 Å². The first-order valence-corrected chi connectivity index (χ1v) is 8.81. The van der Waals surface area contributed by atoms with Crippen molar-refractivity contribution in [3.63, 3.8) is 0 Å². The first-order chi connectivity index (χ1) is 13.1. The van der Waals surface area contributed by atoms with Crippen LogP contribution in [0.25, 0.3) is 0 Å². The number of anilines is 1. The van der Waals surface area contributed by atoms with Crippen LogP contribution in [0.1, 0.15) is 40.0 Å². The average molecular weight is 361 g/mol. The minimum absolute atomic E-state index is 0.131. The highest BCUT2D eigenvalue weighted by Crippen LogP contribution is 2.23. The van der Waals surface area contributed by atoms with E-state index in [1.54, 1.807) is 29.2 Å². The van der Waals surface area contributed by atoms with Crippen LogP contribution >= 0.6 is 0 Å². The Morgan fingerprint density at radius 2 is 1.56 bits per heavy atom. The second kappa shape index (κ2) is 8.28. The van der Waals surface area contributed by atoms with Gasteiger partial charge in [0.1, 0.15) is 0 Å². The molecule has 136 valence electrons. The Bertz CT molecular complexity index is 867. The van der Waals surface area contributed by atoms with Crippen LogP contribution < -0.4 is 4.90 Å². The second-order valence-electron chi connectivity index (χ2n) is 6.20. The lowest BCUT2D eigenvalue weighted by Crippen LogP contribution is -2.34. The lowest BCUT2D eigenvalue weighted by Gasteiger charge is -2.22. The van der Waals surface area contributed by atoms with Crippen molar-refractivity contribution in [3.05, 3.63) is 65.7 Å². The van der Waals surface area contributed by atoms with Gasteiger partial charge >= 0.3 is 0 Å². The Labute approximate surface area is 157 Å². The number of hydrogen-bond acceptors (Lipinski definition) is 4. The molecule has 0 radical (unpaired) electrons. The highest BCUT2D eigenvalue weighted by molar-refractivity contribution is 6.21. The minimum Gasteiger partial charge on any atom is -0.311 e. The third-order valence-corrected chi connectivity index (χ3v) is 4.47. The summed E-state index contributed by atoms with van der Waals surface area (Å²) in [6.45, 7) is 0.505. The molecule has 6 heteroatoms. The fraction of sp³-hybridized carbons (Fsp3) is 0.238. The van der Waals surface area contributed by atoms with E-state index in [0.29, 0.717) is 24.1 Å². The van der Waals surface area contributed by atoms with Gasteiger partial charge in [0.2, 0.25) is 5.91 Å². The normalized spacial score (nSPS) is 12.6. The summed E-state index contributed by atoms with van der Waals surface area (Å²) in [6.07, 6.45) is 0.799. The molecule has 2 aromatic carbocycles. The Morgan fingerprint density at radius 1 is 0.963 bits per heavy atom. The predicted molar refractivity (Wildman–Crippen MR) is 100 cm³/mol. The monoisotopic (exact) mass is 361 g/mol. The summed E-state index contributed by atoms with van der Waals surface area (Å²) in [5.74, 6) is -0.757. The van der Waals surface area contributed by atoms with Crippen molar-refractivity contribution in [2.24, 2.45) is 0 Å². The van der Waals surface area contributed by atoms with Gasteiger partial charge in [-0.2, -0.15) is 5.26 Å². The molecule has 1 aliphatic rings. The highest BCUT2D eigenvalue weighted by atomic mass is 16.2. The number of fused-ring (bicyclic) bond motifs is 1. The van der Waals surface area contributed by atoms with E-state index in [2.05, 4.69) is 6.07 Å².